The molecule has 4 rings (SSSR count). The first-order valence-electron chi connectivity index (χ1n) is 8.38. The zero-order chi connectivity index (χ0) is 18.8. The molecule has 0 spiro atoms. The number of carbonyl (C=O) groups is 1. The van der Waals surface area contributed by atoms with Crippen LogP contribution in [0.4, 0.5) is 4.39 Å². The summed E-state index contributed by atoms with van der Waals surface area (Å²) in [6.07, 6.45) is 2.20. The van der Waals surface area contributed by atoms with Crippen LogP contribution in [0.2, 0.25) is 0 Å². The second-order valence-corrected chi connectivity index (χ2v) is 6.08. The quantitative estimate of drug-likeness (QED) is 0.588. The number of rotatable bonds is 5. The molecule has 7 nitrogen and oxygen atoms in total. The first-order chi connectivity index (χ1) is 13.1. The van der Waals surface area contributed by atoms with E-state index in [0.29, 0.717) is 41.1 Å². The van der Waals surface area contributed by atoms with Gasteiger partial charge in [-0.05, 0) is 36.4 Å². The fraction of sp³-hybridized carbons (Fsp3) is 0.158. The predicted octanol–water partition coefficient (Wildman–Crippen LogP) is 2.73. The van der Waals surface area contributed by atoms with Crippen molar-refractivity contribution < 1.29 is 13.6 Å². The van der Waals surface area contributed by atoms with Gasteiger partial charge in [0.25, 0.3) is 5.91 Å². The number of benzene rings is 2. The van der Waals surface area contributed by atoms with E-state index in [0.717, 1.165) is 5.82 Å². The third-order valence-corrected chi connectivity index (χ3v) is 4.16. The number of halogens is 1. The molecule has 27 heavy (non-hydrogen) atoms. The average Bonchev–Trinajstić information content (AvgIpc) is 3.27. The van der Waals surface area contributed by atoms with Crippen molar-refractivity contribution >= 4 is 17.0 Å². The third-order valence-electron chi connectivity index (χ3n) is 4.16. The van der Waals surface area contributed by atoms with E-state index in [-0.39, 0.29) is 11.7 Å². The van der Waals surface area contributed by atoms with Gasteiger partial charge in [0.1, 0.15) is 23.5 Å². The van der Waals surface area contributed by atoms with E-state index in [9.17, 15) is 9.18 Å². The smallest absolute Gasteiger partial charge is 0.251 e. The van der Waals surface area contributed by atoms with Crippen LogP contribution in [0.3, 0.4) is 0 Å². The molecule has 0 radical (unpaired) electrons. The fourth-order valence-corrected chi connectivity index (χ4v) is 2.74. The van der Waals surface area contributed by atoms with Crippen molar-refractivity contribution in [3.05, 3.63) is 66.0 Å². The number of nitrogens with zero attached hydrogens (tertiary/aromatic N) is 4. The summed E-state index contributed by atoms with van der Waals surface area (Å²) in [6.45, 7) is 0.441. The van der Waals surface area contributed by atoms with E-state index in [4.69, 9.17) is 4.42 Å². The van der Waals surface area contributed by atoms with E-state index < -0.39 is 0 Å². The van der Waals surface area contributed by atoms with Gasteiger partial charge in [0.15, 0.2) is 5.58 Å². The summed E-state index contributed by atoms with van der Waals surface area (Å²) < 4.78 is 20.9. The van der Waals surface area contributed by atoms with Crippen molar-refractivity contribution in [2.24, 2.45) is 7.05 Å². The Morgan fingerprint density at radius 1 is 1.26 bits per heavy atom. The van der Waals surface area contributed by atoms with Crippen LogP contribution in [0.5, 0.6) is 0 Å². The Kier molecular flexibility index (Phi) is 4.37. The van der Waals surface area contributed by atoms with Crippen molar-refractivity contribution in [2.45, 2.75) is 6.42 Å². The second kappa shape index (κ2) is 6.99. The lowest BCUT2D eigenvalue weighted by Gasteiger charge is -2.04. The summed E-state index contributed by atoms with van der Waals surface area (Å²) in [5.74, 6) is 0.526. The largest absolute Gasteiger partial charge is 0.436 e. The normalized spacial score (nSPS) is 11.0. The van der Waals surface area contributed by atoms with Crippen molar-refractivity contribution in [1.82, 2.24) is 25.1 Å². The summed E-state index contributed by atoms with van der Waals surface area (Å²) in [4.78, 5) is 16.7. The van der Waals surface area contributed by atoms with Crippen LogP contribution in [0, 0.1) is 5.82 Å². The van der Waals surface area contributed by atoms with E-state index in [1.54, 1.807) is 36.7 Å². The minimum Gasteiger partial charge on any atom is -0.436 e. The Balaban J connectivity index is 1.49. The first kappa shape index (κ1) is 16.9. The van der Waals surface area contributed by atoms with Crippen LogP contribution < -0.4 is 5.32 Å². The van der Waals surface area contributed by atoms with Crippen LogP contribution >= 0.6 is 0 Å². The lowest BCUT2D eigenvalue weighted by Crippen LogP contribution is -2.26. The summed E-state index contributed by atoms with van der Waals surface area (Å²) in [7, 11) is 1.85. The van der Waals surface area contributed by atoms with E-state index >= 15 is 0 Å². The molecule has 1 amide bonds. The monoisotopic (exact) mass is 365 g/mol. The number of oxazole rings is 1. The van der Waals surface area contributed by atoms with Gasteiger partial charge in [-0.25, -0.2) is 9.37 Å². The molecule has 0 aliphatic carbocycles. The number of nitrogens with one attached hydrogen (secondary N) is 1. The summed E-state index contributed by atoms with van der Waals surface area (Å²) in [5, 5.41) is 10.6. The van der Waals surface area contributed by atoms with E-state index in [2.05, 4.69) is 20.5 Å². The molecule has 0 unspecified atom stereocenters. The van der Waals surface area contributed by atoms with Gasteiger partial charge in [-0.1, -0.05) is 6.07 Å². The molecular formula is C19H16FN5O2. The van der Waals surface area contributed by atoms with E-state index in [1.165, 1.54) is 12.1 Å². The third kappa shape index (κ3) is 3.55. The molecule has 8 heteroatoms. The maximum Gasteiger partial charge on any atom is 0.251 e. The molecule has 0 atom stereocenters. The van der Waals surface area contributed by atoms with Gasteiger partial charge in [-0.15, -0.1) is 10.2 Å². The van der Waals surface area contributed by atoms with Gasteiger partial charge in [-0.2, -0.15) is 0 Å². The van der Waals surface area contributed by atoms with Crippen LogP contribution in [0.15, 0.2) is 53.2 Å². The summed E-state index contributed by atoms with van der Waals surface area (Å²) in [5.41, 5.74) is 2.08. The van der Waals surface area contributed by atoms with Gasteiger partial charge in [-0.3, -0.25) is 4.79 Å². The highest BCUT2D eigenvalue weighted by Crippen LogP contribution is 2.25. The molecule has 2 heterocycles. The van der Waals surface area contributed by atoms with Crippen molar-refractivity contribution in [1.29, 1.82) is 0 Å². The highest BCUT2D eigenvalue weighted by atomic mass is 19.1. The van der Waals surface area contributed by atoms with Crippen molar-refractivity contribution in [2.75, 3.05) is 6.54 Å². The van der Waals surface area contributed by atoms with Gasteiger partial charge in [0.05, 0.1) is 0 Å². The number of carbonyl (C=O) groups excluding carboxylic acids is 1. The minimum absolute atomic E-state index is 0.214. The Morgan fingerprint density at radius 3 is 2.93 bits per heavy atom. The van der Waals surface area contributed by atoms with Gasteiger partial charge in [0, 0.05) is 31.1 Å². The van der Waals surface area contributed by atoms with Crippen LogP contribution in [-0.2, 0) is 13.5 Å². The number of hydrogen-bond acceptors (Lipinski definition) is 5. The molecule has 0 saturated carbocycles. The summed E-state index contributed by atoms with van der Waals surface area (Å²) in [6, 6.07) is 11.0. The predicted molar refractivity (Wildman–Crippen MR) is 96.4 cm³/mol. The molecule has 0 aliphatic heterocycles. The molecule has 136 valence electrons. The lowest BCUT2D eigenvalue weighted by molar-refractivity contribution is 0.0954. The molecule has 2 aromatic heterocycles. The molecular weight excluding hydrogens is 349 g/mol. The number of hydrogen-bond donors (Lipinski definition) is 1. The maximum absolute atomic E-state index is 13.4. The number of fused-ring (bicyclic) bond motifs is 1. The van der Waals surface area contributed by atoms with Gasteiger partial charge >= 0.3 is 0 Å². The molecule has 0 bridgehead atoms. The SMILES string of the molecule is Cn1cnnc1CCNC(=O)c1ccc2oc(-c3cccc(F)c3)nc2c1. The highest BCUT2D eigenvalue weighted by molar-refractivity contribution is 5.97. The topological polar surface area (TPSA) is 85.8 Å². The molecule has 0 saturated heterocycles. The average molecular weight is 365 g/mol. The summed E-state index contributed by atoms with van der Waals surface area (Å²) >= 11 is 0. The molecule has 0 aliphatic rings. The van der Waals surface area contributed by atoms with Gasteiger partial charge in [0.2, 0.25) is 5.89 Å². The zero-order valence-corrected chi connectivity index (χ0v) is 14.5. The molecule has 2 aromatic carbocycles. The highest BCUT2D eigenvalue weighted by Gasteiger charge is 2.12. The Morgan fingerprint density at radius 2 is 2.15 bits per heavy atom. The Labute approximate surface area is 153 Å². The molecule has 4 aromatic rings. The second-order valence-electron chi connectivity index (χ2n) is 6.08. The standard InChI is InChI=1S/C19H16FN5O2/c1-25-11-22-24-17(25)7-8-21-18(26)12-5-6-16-15(10-12)23-19(27-16)13-3-2-4-14(20)9-13/h2-6,9-11H,7-8H2,1H3,(H,21,26). The number of aryl methyl sites for hydroxylation is 1. The van der Waals surface area contributed by atoms with Crippen LogP contribution in [-0.4, -0.2) is 32.2 Å². The van der Waals surface area contributed by atoms with Gasteiger partial charge < -0.3 is 14.3 Å². The molecule has 0 fully saturated rings. The van der Waals surface area contributed by atoms with Crippen molar-refractivity contribution in [3.8, 4) is 11.5 Å². The van der Waals surface area contributed by atoms with Crippen LogP contribution in [0.25, 0.3) is 22.6 Å². The Bertz CT molecular complexity index is 1120. The maximum atomic E-state index is 13.4. The minimum atomic E-state index is -0.363. The van der Waals surface area contributed by atoms with Crippen molar-refractivity contribution in [3.63, 3.8) is 0 Å². The molecule has 1 N–H and O–H groups in total. The first-order valence-corrected chi connectivity index (χ1v) is 8.38. The zero-order valence-electron chi connectivity index (χ0n) is 14.5. The van der Waals surface area contributed by atoms with Crippen LogP contribution in [0.1, 0.15) is 16.2 Å². The number of aromatic nitrogens is 4. The van der Waals surface area contributed by atoms with E-state index in [1.807, 2.05) is 11.6 Å². The number of amides is 1. The fourth-order valence-electron chi connectivity index (χ4n) is 2.74. The lowest BCUT2D eigenvalue weighted by atomic mass is 10.2. The Hall–Kier alpha value is -3.55.